The first-order chi connectivity index (χ1) is 6.70. The third kappa shape index (κ3) is 1.69. The standard InChI is InChI=1S/C11H14O2S/c1-2-7-3-4-9-8(5-7)6-10(14-9)11(12)13/h6-7H,2-5H2,1H3,(H,12,13)/t7-/m1/s1. The second kappa shape index (κ2) is 3.73. The molecule has 2 nitrogen and oxygen atoms in total. The highest BCUT2D eigenvalue weighted by molar-refractivity contribution is 7.14. The molecule has 0 saturated carbocycles. The van der Waals surface area contributed by atoms with Gasteiger partial charge in [0.05, 0.1) is 0 Å². The third-order valence-corrected chi connectivity index (χ3v) is 4.20. The topological polar surface area (TPSA) is 37.3 Å². The predicted molar refractivity (Wildman–Crippen MR) is 57.1 cm³/mol. The minimum Gasteiger partial charge on any atom is -0.477 e. The molecule has 1 atom stereocenters. The Balaban J connectivity index is 2.25. The fraction of sp³-hybridized carbons (Fsp3) is 0.545. The molecule has 0 radical (unpaired) electrons. The molecule has 1 aliphatic carbocycles. The van der Waals surface area contributed by atoms with E-state index >= 15 is 0 Å². The second-order valence-corrected chi connectivity index (χ2v) is 5.02. The summed E-state index contributed by atoms with van der Waals surface area (Å²) in [6.07, 6.45) is 4.59. The van der Waals surface area contributed by atoms with Crippen LogP contribution in [0.25, 0.3) is 0 Å². The van der Waals surface area contributed by atoms with E-state index in [4.69, 9.17) is 5.11 Å². The Morgan fingerprint density at radius 1 is 1.71 bits per heavy atom. The number of aryl methyl sites for hydroxylation is 1. The molecule has 0 aliphatic heterocycles. The summed E-state index contributed by atoms with van der Waals surface area (Å²) in [6, 6.07) is 1.87. The molecule has 1 aromatic heterocycles. The van der Waals surface area contributed by atoms with Crippen molar-refractivity contribution < 1.29 is 9.90 Å². The first-order valence-electron chi connectivity index (χ1n) is 5.05. The Morgan fingerprint density at radius 3 is 3.14 bits per heavy atom. The van der Waals surface area contributed by atoms with Crippen LogP contribution in [0, 0.1) is 5.92 Å². The number of hydrogen-bond acceptors (Lipinski definition) is 2. The van der Waals surface area contributed by atoms with E-state index in [1.54, 1.807) is 0 Å². The van der Waals surface area contributed by atoms with Crippen molar-refractivity contribution in [2.45, 2.75) is 32.6 Å². The maximum absolute atomic E-state index is 10.8. The molecule has 14 heavy (non-hydrogen) atoms. The van der Waals surface area contributed by atoms with Gasteiger partial charge in [0.15, 0.2) is 0 Å². The van der Waals surface area contributed by atoms with Gasteiger partial charge in [0.2, 0.25) is 0 Å². The van der Waals surface area contributed by atoms with Gasteiger partial charge < -0.3 is 5.11 Å². The van der Waals surface area contributed by atoms with Gasteiger partial charge in [-0.3, -0.25) is 0 Å². The lowest BCUT2D eigenvalue weighted by Crippen LogP contribution is -2.10. The zero-order chi connectivity index (χ0) is 10.1. The summed E-state index contributed by atoms with van der Waals surface area (Å²) in [7, 11) is 0. The van der Waals surface area contributed by atoms with Crippen LogP contribution < -0.4 is 0 Å². The maximum Gasteiger partial charge on any atom is 0.345 e. The van der Waals surface area contributed by atoms with E-state index in [1.807, 2.05) is 6.07 Å². The molecular weight excluding hydrogens is 196 g/mol. The van der Waals surface area contributed by atoms with E-state index in [-0.39, 0.29) is 0 Å². The molecule has 1 aromatic rings. The Bertz CT molecular complexity index is 354. The maximum atomic E-state index is 10.8. The van der Waals surface area contributed by atoms with Crippen molar-refractivity contribution in [1.82, 2.24) is 0 Å². The summed E-state index contributed by atoms with van der Waals surface area (Å²) < 4.78 is 0. The van der Waals surface area contributed by atoms with E-state index in [0.29, 0.717) is 4.88 Å². The molecule has 0 spiro atoms. The van der Waals surface area contributed by atoms with Gasteiger partial charge in [0, 0.05) is 4.88 Å². The Labute approximate surface area is 87.6 Å². The van der Waals surface area contributed by atoms with Gasteiger partial charge in [-0.05, 0) is 36.8 Å². The second-order valence-electron chi connectivity index (χ2n) is 3.88. The minimum atomic E-state index is -0.780. The predicted octanol–water partition coefficient (Wildman–Crippen LogP) is 2.96. The minimum absolute atomic E-state index is 0.506. The highest BCUT2D eigenvalue weighted by Crippen LogP contribution is 2.33. The first-order valence-corrected chi connectivity index (χ1v) is 5.87. The summed E-state index contributed by atoms with van der Waals surface area (Å²) in [5.74, 6) is -0.0174. The Hall–Kier alpha value is -0.830. The van der Waals surface area contributed by atoms with E-state index in [1.165, 1.54) is 34.6 Å². The third-order valence-electron chi connectivity index (χ3n) is 2.97. The van der Waals surface area contributed by atoms with Crippen molar-refractivity contribution in [2.24, 2.45) is 5.92 Å². The molecule has 0 bridgehead atoms. The lowest BCUT2D eigenvalue weighted by Gasteiger charge is -2.19. The highest BCUT2D eigenvalue weighted by atomic mass is 32.1. The zero-order valence-electron chi connectivity index (χ0n) is 8.25. The number of carboxylic acids is 1. The molecule has 0 saturated heterocycles. The molecule has 3 heteroatoms. The smallest absolute Gasteiger partial charge is 0.345 e. The van der Waals surface area contributed by atoms with Crippen molar-refractivity contribution in [1.29, 1.82) is 0 Å². The number of hydrogen-bond donors (Lipinski definition) is 1. The fourth-order valence-corrected chi connectivity index (χ4v) is 3.10. The first kappa shape index (κ1) is 9.71. The van der Waals surface area contributed by atoms with E-state index < -0.39 is 5.97 Å². The molecule has 0 amide bonds. The van der Waals surface area contributed by atoms with Gasteiger partial charge in [0.1, 0.15) is 4.88 Å². The van der Waals surface area contributed by atoms with Gasteiger partial charge in [0.25, 0.3) is 0 Å². The van der Waals surface area contributed by atoms with E-state index in [0.717, 1.165) is 18.8 Å². The zero-order valence-corrected chi connectivity index (χ0v) is 9.06. The summed E-state index contributed by atoms with van der Waals surface area (Å²) in [5.41, 5.74) is 1.28. The molecule has 1 heterocycles. The van der Waals surface area contributed by atoms with Gasteiger partial charge in [-0.2, -0.15) is 0 Å². The molecule has 2 rings (SSSR count). The number of fused-ring (bicyclic) bond motifs is 1. The number of thiophene rings is 1. The molecule has 1 aliphatic rings. The lowest BCUT2D eigenvalue weighted by molar-refractivity contribution is 0.0702. The Kier molecular flexibility index (Phi) is 2.59. The summed E-state index contributed by atoms with van der Waals surface area (Å²) in [6.45, 7) is 2.21. The van der Waals surface area contributed by atoms with Gasteiger partial charge >= 0.3 is 5.97 Å². The van der Waals surface area contributed by atoms with Crippen LogP contribution in [-0.4, -0.2) is 11.1 Å². The monoisotopic (exact) mass is 210 g/mol. The highest BCUT2D eigenvalue weighted by Gasteiger charge is 2.21. The van der Waals surface area contributed by atoms with E-state index in [9.17, 15) is 4.79 Å². The van der Waals surface area contributed by atoms with Crippen LogP contribution >= 0.6 is 11.3 Å². The average molecular weight is 210 g/mol. The molecule has 0 unspecified atom stereocenters. The van der Waals surface area contributed by atoms with Crippen LogP contribution in [0.2, 0.25) is 0 Å². The number of carbonyl (C=O) groups is 1. The average Bonchev–Trinajstić information content (AvgIpc) is 2.59. The molecular formula is C11H14O2S. The van der Waals surface area contributed by atoms with Crippen LogP contribution in [0.1, 0.15) is 39.9 Å². The van der Waals surface area contributed by atoms with Crippen LogP contribution in [0.3, 0.4) is 0 Å². The molecule has 0 aromatic carbocycles. The van der Waals surface area contributed by atoms with Crippen LogP contribution in [0.5, 0.6) is 0 Å². The van der Waals surface area contributed by atoms with Crippen molar-refractivity contribution in [3.63, 3.8) is 0 Å². The number of aromatic carboxylic acids is 1. The van der Waals surface area contributed by atoms with Crippen molar-refractivity contribution in [2.75, 3.05) is 0 Å². The normalized spacial score (nSPS) is 20.5. The summed E-state index contributed by atoms with van der Waals surface area (Å²) >= 11 is 1.46. The molecule has 0 fully saturated rings. The summed E-state index contributed by atoms with van der Waals surface area (Å²) in [5, 5.41) is 8.87. The van der Waals surface area contributed by atoms with Crippen molar-refractivity contribution >= 4 is 17.3 Å². The van der Waals surface area contributed by atoms with Crippen molar-refractivity contribution in [3.05, 3.63) is 21.4 Å². The fourth-order valence-electron chi connectivity index (χ4n) is 2.05. The van der Waals surface area contributed by atoms with Crippen LogP contribution in [-0.2, 0) is 12.8 Å². The van der Waals surface area contributed by atoms with Gasteiger partial charge in [-0.1, -0.05) is 13.3 Å². The number of carboxylic acid groups (broad SMARTS) is 1. The van der Waals surface area contributed by atoms with Gasteiger partial charge in [-0.25, -0.2) is 4.79 Å². The summed E-state index contributed by atoms with van der Waals surface area (Å²) in [4.78, 5) is 12.6. The molecule has 76 valence electrons. The van der Waals surface area contributed by atoms with Crippen molar-refractivity contribution in [3.8, 4) is 0 Å². The SMILES string of the molecule is CC[C@@H]1CCc2sc(C(=O)O)cc2C1. The largest absolute Gasteiger partial charge is 0.477 e. The van der Waals surface area contributed by atoms with Crippen LogP contribution in [0.15, 0.2) is 6.07 Å². The van der Waals surface area contributed by atoms with E-state index in [2.05, 4.69) is 6.92 Å². The molecule has 1 N–H and O–H groups in total. The lowest BCUT2D eigenvalue weighted by atomic mass is 9.87. The van der Waals surface area contributed by atoms with Gasteiger partial charge in [-0.15, -0.1) is 11.3 Å². The Morgan fingerprint density at radius 2 is 2.50 bits per heavy atom. The quantitative estimate of drug-likeness (QED) is 0.814. The number of rotatable bonds is 2. The van der Waals surface area contributed by atoms with Crippen LogP contribution in [0.4, 0.5) is 0 Å².